The molecule has 1 fully saturated rings. The number of nitrogens with one attached hydrogen (secondary N) is 1. The highest BCUT2D eigenvalue weighted by Crippen LogP contribution is 2.28. The molecule has 0 aliphatic carbocycles. The van der Waals surface area contributed by atoms with E-state index in [1.807, 2.05) is 36.7 Å². The molecule has 26 heavy (non-hydrogen) atoms. The zero-order valence-electron chi connectivity index (χ0n) is 14.6. The summed E-state index contributed by atoms with van der Waals surface area (Å²) in [5.41, 5.74) is 4.16. The van der Waals surface area contributed by atoms with Gasteiger partial charge in [-0.1, -0.05) is 22.0 Å². The van der Waals surface area contributed by atoms with Crippen LogP contribution in [0.2, 0.25) is 0 Å². The molecule has 2 N–H and O–H groups in total. The van der Waals surface area contributed by atoms with E-state index in [4.69, 9.17) is 0 Å². The molecule has 0 amide bonds. The average Bonchev–Trinajstić information content (AvgIpc) is 3.04. The van der Waals surface area contributed by atoms with Gasteiger partial charge >= 0.3 is 0 Å². The van der Waals surface area contributed by atoms with E-state index in [1.54, 1.807) is 0 Å². The molecule has 0 saturated carbocycles. The van der Waals surface area contributed by atoms with E-state index in [0.717, 1.165) is 64.1 Å². The fourth-order valence-electron chi connectivity index (χ4n) is 3.37. The topological polar surface area (TPSA) is 61.3 Å². The standard InChI is InChI=1S/C20H21BrN4O/c1-13-17(21)3-2-4-18(13)24-20-19-15(5-7-22-20)9-14(10-23-19)11-25-8-6-16(26)12-25/h2-5,7,9-10,16,26H,6,8,11-12H2,1H3,(H,22,24)/t16-/m1/s1. The normalized spacial score (nSPS) is 17.7. The van der Waals surface area contributed by atoms with Crippen molar-refractivity contribution in [3.63, 3.8) is 0 Å². The van der Waals surface area contributed by atoms with Crippen LogP contribution in [-0.2, 0) is 6.54 Å². The van der Waals surface area contributed by atoms with Crippen molar-refractivity contribution in [3.8, 4) is 0 Å². The number of fused-ring (bicyclic) bond motifs is 1. The number of hydrogen-bond donors (Lipinski definition) is 2. The molecule has 4 rings (SSSR count). The molecule has 3 heterocycles. The maximum Gasteiger partial charge on any atom is 0.156 e. The van der Waals surface area contributed by atoms with E-state index in [-0.39, 0.29) is 6.10 Å². The van der Waals surface area contributed by atoms with Gasteiger partial charge in [0.2, 0.25) is 0 Å². The zero-order chi connectivity index (χ0) is 18.1. The Morgan fingerprint density at radius 3 is 3.00 bits per heavy atom. The summed E-state index contributed by atoms with van der Waals surface area (Å²) in [5.74, 6) is 0.756. The highest BCUT2D eigenvalue weighted by atomic mass is 79.9. The Bertz CT molecular complexity index is 946. The number of aliphatic hydroxyl groups is 1. The van der Waals surface area contributed by atoms with Crippen molar-refractivity contribution in [2.45, 2.75) is 26.0 Å². The number of aromatic nitrogens is 2. The fraction of sp³-hybridized carbons (Fsp3) is 0.300. The first kappa shape index (κ1) is 17.4. The lowest BCUT2D eigenvalue weighted by molar-refractivity contribution is 0.175. The molecule has 1 saturated heterocycles. The van der Waals surface area contributed by atoms with Crippen LogP contribution in [0, 0.1) is 6.92 Å². The van der Waals surface area contributed by atoms with Gasteiger partial charge in [-0.25, -0.2) is 4.98 Å². The van der Waals surface area contributed by atoms with E-state index < -0.39 is 0 Å². The van der Waals surface area contributed by atoms with Crippen LogP contribution in [0.3, 0.4) is 0 Å². The van der Waals surface area contributed by atoms with Gasteiger partial charge in [0, 0.05) is 47.6 Å². The van der Waals surface area contributed by atoms with Crippen LogP contribution in [0.25, 0.3) is 10.9 Å². The third-order valence-electron chi connectivity index (χ3n) is 4.83. The SMILES string of the molecule is Cc1c(Br)cccc1Nc1nccc2cc(CN3CC[C@@H](O)C3)cnc12. The van der Waals surface area contributed by atoms with Gasteiger partial charge in [0.05, 0.1) is 6.10 Å². The summed E-state index contributed by atoms with van der Waals surface area (Å²) in [6, 6.07) is 10.2. The molecule has 1 aromatic carbocycles. The molecule has 1 atom stereocenters. The van der Waals surface area contributed by atoms with E-state index in [0.29, 0.717) is 0 Å². The summed E-state index contributed by atoms with van der Waals surface area (Å²) < 4.78 is 1.06. The van der Waals surface area contributed by atoms with Crippen LogP contribution >= 0.6 is 15.9 Å². The smallest absolute Gasteiger partial charge is 0.156 e. The summed E-state index contributed by atoms with van der Waals surface area (Å²) >= 11 is 3.57. The molecule has 0 bridgehead atoms. The Hall–Kier alpha value is -2.02. The molecule has 2 aromatic heterocycles. The predicted octanol–water partition coefficient (Wildman–Crippen LogP) is 4.01. The van der Waals surface area contributed by atoms with E-state index in [9.17, 15) is 5.11 Å². The second kappa shape index (κ2) is 7.31. The minimum absolute atomic E-state index is 0.197. The Morgan fingerprint density at radius 1 is 1.31 bits per heavy atom. The first-order valence-corrected chi connectivity index (χ1v) is 9.55. The second-order valence-electron chi connectivity index (χ2n) is 6.79. The molecular weight excluding hydrogens is 392 g/mol. The predicted molar refractivity (Wildman–Crippen MR) is 108 cm³/mol. The van der Waals surface area contributed by atoms with Gasteiger partial charge in [0.25, 0.3) is 0 Å². The van der Waals surface area contributed by atoms with Crippen molar-refractivity contribution in [1.82, 2.24) is 14.9 Å². The Labute approximate surface area is 161 Å². The van der Waals surface area contributed by atoms with Crippen molar-refractivity contribution in [2.24, 2.45) is 0 Å². The van der Waals surface area contributed by atoms with Crippen LogP contribution in [0.1, 0.15) is 17.5 Å². The van der Waals surface area contributed by atoms with Crippen LogP contribution in [0.15, 0.2) is 47.2 Å². The highest BCUT2D eigenvalue weighted by Gasteiger charge is 2.20. The van der Waals surface area contributed by atoms with Gasteiger partial charge in [-0.05, 0) is 48.7 Å². The number of halogens is 1. The van der Waals surface area contributed by atoms with Gasteiger partial charge in [-0.3, -0.25) is 9.88 Å². The van der Waals surface area contributed by atoms with E-state index in [2.05, 4.69) is 49.1 Å². The van der Waals surface area contributed by atoms with Crippen molar-refractivity contribution < 1.29 is 5.11 Å². The Kier molecular flexibility index (Phi) is 4.89. The summed E-state index contributed by atoms with van der Waals surface area (Å²) in [7, 11) is 0. The number of anilines is 2. The lowest BCUT2D eigenvalue weighted by Gasteiger charge is -2.15. The number of hydrogen-bond acceptors (Lipinski definition) is 5. The molecule has 134 valence electrons. The highest BCUT2D eigenvalue weighted by molar-refractivity contribution is 9.10. The third kappa shape index (κ3) is 3.58. The summed E-state index contributed by atoms with van der Waals surface area (Å²) in [5, 5.41) is 14.2. The van der Waals surface area contributed by atoms with Crippen molar-refractivity contribution in [3.05, 3.63) is 58.3 Å². The summed E-state index contributed by atoms with van der Waals surface area (Å²) in [4.78, 5) is 11.4. The number of β-amino-alcohol motifs (C(OH)–C–C–N with tert-alkyl or cyclic N) is 1. The number of aliphatic hydroxyl groups excluding tert-OH is 1. The summed E-state index contributed by atoms with van der Waals surface area (Å²) in [6.07, 6.45) is 4.37. The van der Waals surface area contributed by atoms with Crippen molar-refractivity contribution in [2.75, 3.05) is 18.4 Å². The van der Waals surface area contributed by atoms with Gasteiger partial charge in [-0.15, -0.1) is 0 Å². The lowest BCUT2D eigenvalue weighted by atomic mass is 10.1. The molecule has 0 spiro atoms. The molecular formula is C20H21BrN4O. The zero-order valence-corrected chi connectivity index (χ0v) is 16.2. The minimum atomic E-state index is -0.197. The van der Waals surface area contributed by atoms with Crippen LogP contribution < -0.4 is 5.32 Å². The first-order chi connectivity index (χ1) is 12.6. The monoisotopic (exact) mass is 412 g/mol. The van der Waals surface area contributed by atoms with Crippen LogP contribution in [0.5, 0.6) is 0 Å². The number of rotatable bonds is 4. The maximum absolute atomic E-state index is 9.69. The Balaban J connectivity index is 1.61. The molecule has 0 radical (unpaired) electrons. The van der Waals surface area contributed by atoms with Crippen molar-refractivity contribution in [1.29, 1.82) is 0 Å². The molecule has 1 aliphatic heterocycles. The lowest BCUT2D eigenvalue weighted by Crippen LogP contribution is -2.21. The molecule has 0 unspecified atom stereocenters. The fourth-order valence-corrected chi connectivity index (χ4v) is 3.73. The van der Waals surface area contributed by atoms with Crippen molar-refractivity contribution >= 4 is 38.3 Å². The largest absolute Gasteiger partial charge is 0.392 e. The van der Waals surface area contributed by atoms with Crippen LogP contribution in [0.4, 0.5) is 11.5 Å². The molecule has 6 heteroatoms. The quantitative estimate of drug-likeness (QED) is 0.677. The maximum atomic E-state index is 9.69. The molecule has 5 nitrogen and oxygen atoms in total. The molecule has 3 aromatic rings. The number of benzene rings is 1. The molecule has 1 aliphatic rings. The number of likely N-dealkylation sites (tertiary alicyclic amines) is 1. The second-order valence-corrected chi connectivity index (χ2v) is 7.64. The minimum Gasteiger partial charge on any atom is -0.392 e. The van der Waals surface area contributed by atoms with E-state index >= 15 is 0 Å². The van der Waals surface area contributed by atoms with Crippen LogP contribution in [-0.4, -0.2) is 39.2 Å². The van der Waals surface area contributed by atoms with Gasteiger partial charge in [-0.2, -0.15) is 0 Å². The third-order valence-corrected chi connectivity index (χ3v) is 5.69. The average molecular weight is 413 g/mol. The number of nitrogens with zero attached hydrogens (tertiary/aromatic N) is 3. The first-order valence-electron chi connectivity index (χ1n) is 8.76. The summed E-state index contributed by atoms with van der Waals surface area (Å²) in [6.45, 7) is 4.55. The Morgan fingerprint density at radius 2 is 2.19 bits per heavy atom. The van der Waals surface area contributed by atoms with Gasteiger partial charge in [0.15, 0.2) is 5.82 Å². The van der Waals surface area contributed by atoms with Gasteiger partial charge < -0.3 is 10.4 Å². The number of pyridine rings is 2. The van der Waals surface area contributed by atoms with E-state index in [1.165, 1.54) is 0 Å². The van der Waals surface area contributed by atoms with Gasteiger partial charge in [0.1, 0.15) is 5.52 Å².